The molecule has 0 bridgehead atoms. The number of hydrogen-bond acceptors (Lipinski definition) is 3. The highest BCUT2D eigenvalue weighted by atomic mass is 16.5. The number of ether oxygens (including phenoxy) is 1. The standard InChI is InChI=1S/C15H20N2O3/c1-20-14-5-3-2-4-13(14)6-7-15(19)17-10-8-16(12-18)9-11-17/h2-5,12H,6-11H2,1H3. The molecule has 1 aliphatic rings. The molecule has 0 aromatic heterocycles. The van der Waals surface area contributed by atoms with Gasteiger partial charge in [0.1, 0.15) is 5.75 Å². The topological polar surface area (TPSA) is 49.9 Å². The number of aryl methyl sites for hydroxylation is 1. The van der Waals surface area contributed by atoms with Gasteiger partial charge < -0.3 is 14.5 Å². The minimum absolute atomic E-state index is 0.140. The van der Waals surface area contributed by atoms with E-state index in [-0.39, 0.29) is 5.91 Å². The van der Waals surface area contributed by atoms with Crippen molar-refractivity contribution >= 4 is 12.3 Å². The normalized spacial score (nSPS) is 15.1. The Morgan fingerprint density at radius 2 is 1.95 bits per heavy atom. The quantitative estimate of drug-likeness (QED) is 0.752. The average Bonchev–Trinajstić information content (AvgIpc) is 2.53. The summed E-state index contributed by atoms with van der Waals surface area (Å²) >= 11 is 0. The highest BCUT2D eigenvalue weighted by Crippen LogP contribution is 2.19. The third kappa shape index (κ3) is 3.50. The molecular weight excluding hydrogens is 256 g/mol. The molecule has 1 saturated heterocycles. The number of hydrogen-bond donors (Lipinski definition) is 0. The van der Waals surface area contributed by atoms with Crippen LogP contribution in [0, 0.1) is 0 Å². The number of rotatable bonds is 5. The Bertz CT molecular complexity index is 468. The molecule has 0 spiro atoms. The molecule has 5 heteroatoms. The lowest BCUT2D eigenvalue weighted by Crippen LogP contribution is -2.48. The number of piperazine rings is 1. The van der Waals surface area contributed by atoms with Gasteiger partial charge in [0, 0.05) is 32.6 Å². The molecule has 1 aliphatic heterocycles. The zero-order chi connectivity index (χ0) is 14.4. The van der Waals surface area contributed by atoms with Crippen molar-refractivity contribution in [3.05, 3.63) is 29.8 Å². The molecule has 0 radical (unpaired) electrons. The number of methoxy groups -OCH3 is 1. The van der Waals surface area contributed by atoms with E-state index in [0.717, 1.165) is 17.7 Å². The summed E-state index contributed by atoms with van der Waals surface area (Å²) in [5, 5.41) is 0. The SMILES string of the molecule is COc1ccccc1CCC(=O)N1CCN(C=O)CC1. The van der Waals surface area contributed by atoms with Crippen molar-refractivity contribution in [1.82, 2.24) is 9.80 Å². The molecule has 0 atom stereocenters. The Morgan fingerprint density at radius 1 is 1.25 bits per heavy atom. The van der Waals surface area contributed by atoms with Gasteiger partial charge in [0.15, 0.2) is 0 Å². The second-order valence-corrected chi connectivity index (χ2v) is 4.83. The van der Waals surface area contributed by atoms with Crippen LogP contribution >= 0.6 is 0 Å². The van der Waals surface area contributed by atoms with E-state index in [4.69, 9.17) is 4.74 Å². The summed E-state index contributed by atoms with van der Waals surface area (Å²) in [7, 11) is 1.64. The van der Waals surface area contributed by atoms with Crippen LogP contribution in [0.15, 0.2) is 24.3 Å². The zero-order valence-corrected chi connectivity index (χ0v) is 11.7. The van der Waals surface area contributed by atoms with Crippen molar-refractivity contribution in [1.29, 1.82) is 0 Å². The number of carbonyl (C=O) groups is 2. The van der Waals surface area contributed by atoms with Gasteiger partial charge in [-0.3, -0.25) is 9.59 Å². The molecule has 0 N–H and O–H groups in total. The van der Waals surface area contributed by atoms with E-state index >= 15 is 0 Å². The van der Waals surface area contributed by atoms with E-state index in [1.54, 1.807) is 12.0 Å². The van der Waals surface area contributed by atoms with Gasteiger partial charge in [-0.2, -0.15) is 0 Å². The van der Waals surface area contributed by atoms with Gasteiger partial charge in [-0.1, -0.05) is 18.2 Å². The fraction of sp³-hybridized carbons (Fsp3) is 0.467. The fourth-order valence-electron chi connectivity index (χ4n) is 2.39. The molecular formula is C15H20N2O3. The molecule has 0 saturated carbocycles. The summed E-state index contributed by atoms with van der Waals surface area (Å²) in [4.78, 5) is 26.3. The predicted molar refractivity (Wildman–Crippen MR) is 75.5 cm³/mol. The maximum absolute atomic E-state index is 12.1. The van der Waals surface area contributed by atoms with Crippen LogP contribution in [0.2, 0.25) is 0 Å². The van der Waals surface area contributed by atoms with Crippen molar-refractivity contribution in [2.45, 2.75) is 12.8 Å². The molecule has 1 fully saturated rings. The largest absolute Gasteiger partial charge is 0.496 e. The van der Waals surface area contributed by atoms with Gasteiger partial charge in [-0.15, -0.1) is 0 Å². The van der Waals surface area contributed by atoms with Crippen molar-refractivity contribution in [3.8, 4) is 5.75 Å². The minimum Gasteiger partial charge on any atom is -0.496 e. The number of nitrogens with zero attached hydrogens (tertiary/aromatic N) is 2. The van der Waals surface area contributed by atoms with Gasteiger partial charge in [-0.25, -0.2) is 0 Å². The van der Waals surface area contributed by atoms with Crippen molar-refractivity contribution in [2.75, 3.05) is 33.3 Å². The van der Waals surface area contributed by atoms with Gasteiger partial charge in [0.2, 0.25) is 12.3 Å². The van der Waals surface area contributed by atoms with Crippen LogP contribution in [0.5, 0.6) is 5.75 Å². The molecule has 2 rings (SSSR count). The zero-order valence-electron chi connectivity index (χ0n) is 11.7. The first kappa shape index (κ1) is 14.4. The molecule has 1 heterocycles. The highest BCUT2D eigenvalue weighted by Gasteiger charge is 2.19. The molecule has 0 unspecified atom stereocenters. The Hall–Kier alpha value is -2.04. The Morgan fingerprint density at radius 3 is 2.60 bits per heavy atom. The van der Waals surface area contributed by atoms with E-state index < -0.39 is 0 Å². The van der Waals surface area contributed by atoms with Gasteiger partial charge in [-0.05, 0) is 18.1 Å². The lowest BCUT2D eigenvalue weighted by Gasteiger charge is -2.32. The Balaban J connectivity index is 1.85. The summed E-state index contributed by atoms with van der Waals surface area (Å²) in [6.07, 6.45) is 1.99. The maximum atomic E-state index is 12.1. The first-order valence-corrected chi connectivity index (χ1v) is 6.83. The second kappa shape index (κ2) is 6.93. The van der Waals surface area contributed by atoms with E-state index in [9.17, 15) is 9.59 Å². The Kier molecular flexibility index (Phi) is 4.98. The van der Waals surface area contributed by atoms with E-state index in [1.165, 1.54) is 0 Å². The lowest BCUT2D eigenvalue weighted by molar-refractivity contribution is -0.135. The van der Waals surface area contributed by atoms with Gasteiger partial charge >= 0.3 is 0 Å². The second-order valence-electron chi connectivity index (χ2n) is 4.83. The monoisotopic (exact) mass is 276 g/mol. The van der Waals surface area contributed by atoms with Gasteiger partial charge in [0.05, 0.1) is 7.11 Å². The van der Waals surface area contributed by atoms with E-state index in [1.807, 2.05) is 29.2 Å². The smallest absolute Gasteiger partial charge is 0.223 e. The third-order valence-electron chi connectivity index (χ3n) is 3.62. The summed E-state index contributed by atoms with van der Waals surface area (Å²) in [5.74, 6) is 0.965. The number of carbonyl (C=O) groups excluding carboxylic acids is 2. The van der Waals surface area contributed by atoms with Crippen LogP contribution in [0.3, 0.4) is 0 Å². The fourth-order valence-corrected chi connectivity index (χ4v) is 2.39. The molecule has 5 nitrogen and oxygen atoms in total. The average molecular weight is 276 g/mol. The molecule has 0 aliphatic carbocycles. The van der Waals surface area contributed by atoms with E-state index in [2.05, 4.69) is 0 Å². The van der Waals surface area contributed by atoms with Crippen LogP contribution in [0.1, 0.15) is 12.0 Å². The Labute approximate surface area is 119 Å². The third-order valence-corrected chi connectivity index (χ3v) is 3.62. The van der Waals surface area contributed by atoms with Crippen molar-refractivity contribution in [2.24, 2.45) is 0 Å². The predicted octanol–water partition coefficient (Wildman–Crippen LogP) is 0.928. The summed E-state index contributed by atoms with van der Waals surface area (Å²) in [5.41, 5.74) is 1.05. The van der Waals surface area contributed by atoms with Crippen LogP contribution in [-0.2, 0) is 16.0 Å². The number of benzene rings is 1. The van der Waals surface area contributed by atoms with Crippen LogP contribution < -0.4 is 4.74 Å². The summed E-state index contributed by atoms with van der Waals surface area (Å²) in [6, 6.07) is 7.76. The summed E-state index contributed by atoms with van der Waals surface area (Å²) < 4.78 is 5.28. The highest BCUT2D eigenvalue weighted by molar-refractivity contribution is 5.76. The molecule has 1 aromatic carbocycles. The summed E-state index contributed by atoms with van der Waals surface area (Å²) in [6.45, 7) is 2.51. The van der Waals surface area contributed by atoms with Crippen LogP contribution in [0.4, 0.5) is 0 Å². The van der Waals surface area contributed by atoms with Crippen molar-refractivity contribution in [3.63, 3.8) is 0 Å². The maximum Gasteiger partial charge on any atom is 0.223 e. The van der Waals surface area contributed by atoms with Crippen LogP contribution in [0.25, 0.3) is 0 Å². The molecule has 2 amide bonds. The van der Waals surface area contributed by atoms with Gasteiger partial charge in [0.25, 0.3) is 0 Å². The molecule has 108 valence electrons. The minimum atomic E-state index is 0.140. The lowest BCUT2D eigenvalue weighted by atomic mass is 10.1. The molecule has 20 heavy (non-hydrogen) atoms. The van der Waals surface area contributed by atoms with Crippen LogP contribution in [-0.4, -0.2) is 55.4 Å². The van der Waals surface area contributed by atoms with E-state index in [0.29, 0.717) is 39.0 Å². The first-order chi connectivity index (χ1) is 9.74. The van der Waals surface area contributed by atoms with Crippen molar-refractivity contribution < 1.29 is 14.3 Å². The number of amides is 2. The first-order valence-electron chi connectivity index (χ1n) is 6.83. The number of para-hydroxylation sites is 1. The molecule has 1 aromatic rings.